The predicted molar refractivity (Wildman–Crippen MR) is 185 cm³/mol. The Morgan fingerprint density at radius 3 is 2.47 bits per heavy atom. The van der Waals surface area contributed by atoms with E-state index in [1.165, 1.54) is 0 Å². The van der Waals surface area contributed by atoms with Crippen LogP contribution in [0.3, 0.4) is 0 Å². The molecule has 264 valence electrons. The van der Waals surface area contributed by atoms with Crippen LogP contribution in [0.25, 0.3) is 11.3 Å². The molecule has 2 unspecified atom stereocenters. The number of piperazine rings is 2. The molecule has 8 rings (SSSR count). The van der Waals surface area contributed by atoms with Crippen LogP contribution in [0.2, 0.25) is 0 Å². The van der Waals surface area contributed by atoms with Gasteiger partial charge in [-0.3, -0.25) is 34.3 Å². The van der Waals surface area contributed by atoms with Gasteiger partial charge in [0, 0.05) is 83.1 Å². The Labute approximate surface area is 293 Å². The maximum atomic E-state index is 13.6. The molecule has 2 aromatic carbocycles. The van der Waals surface area contributed by atoms with E-state index in [2.05, 4.69) is 35.9 Å². The Bertz CT molecular complexity index is 1930. The Balaban J connectivity index is 0.812. The van der Waals surface area contributed by atoms with Crippen molar-refractivity contribution in [3.05, 3.63) is 59.7 Å². The molecule has 0 saturated carbocycles. The molecule has 0 bridgehead atoms. The molecule has 2 atom stereocenters. The fourth-order valence-electron chi connectivity index (χ4n) is 7.59. The van der Waals surface area contributed by atoms with Crippen molar-refractivity contribution in [2.75, 3.05) is 81.0 Å². The van der Waals surface area contributed by atoms with E-state index < -0.39 is 29.7 Å². The standard InChI is InChI=1S/C35H38N10O6/c46-29-4-2-1-3-24(29)26-18-28-31(40-39-26)37-19-22-20-43(15-16-44(22)28)35(51)42-13-11-41(12-14-42)10-9-36-21-5-6-23-25(17-21)34(50)45(33(23)49)27-7-8-30(47)38-32(27)48/h1-6,17-18,22,27,36,46H,7-16,19-20H2,(H,37,40)(H,38,47,48). The van der Waals surface area contributed by atoms with E-state index >= 15 is 0 Å². The second-order valence-electron chi connectivity index (χ2n) is 13.4. The monoisotopic (exact) mass is 694 g/mol. The van der Waals surface area contributed by atoms with Crippen LogP contribution in [0, 0.1) is 0 Å². The smallest absolute Gasteiger partial charge is 0.320 e. The number of imide groups is 2. The van der Waals surface area contributed by atoms with Gasteiger partial charge in [0.15, 0.2) is 5.82 Å². The molecule has 5 aliphatic rings. The number of amides is 6. The number of nitrogens with one attached hydrogen (secondary N) is 3. The summed E-state index contributed by atoms with van der Waals surface area (Å²) in [4.78, 5) is 73.0. The minimum absolute atomic E-state index is 0.0460. The number of aromatic nitrogens is 2. The first-order valence-corrected chi connectivity index (χ1v) is 17.3. The lowest BCUT2D eigenvalue weighted by Gasteiger charge is -2.47. The highest BCUT2D eigenvalue weighted by molar-refractivity contribution is 6.23. The maximum Gasteiger partial charge on any atom is 0.320 e. The number of hydrogen-bond donors (Lipinski definition) is 4. The lowest BCUT2D eigenvalue weighted by Crippen LogP contribution is -2.62. The first-order valence-electron chi connectivity index (χ1n) is 17.3. The van der Waals surface area contributed by atoms with Crippen LogP contribution in [0.15, 0.2) is 48.5 Å². The van der Waals surface area contributed by atoms with E-state index in [9.17, 15) is 29.1 Å². The predicted octanol–water partition coefficient (Wildman–Crippen LogP) is 1.02. The molecular weight excluding hydrogens is 656 g/mol. The average Bonchev–Trinajstić information content (AvgIpc) is 3.39. The van der Waals surface area contributed by atoms with E-state index in [1.54, 1.807) is 30.3 Å². The number of phenolic OH excluding ortho intramolecular Hbond substituents is 1. The fraction of sp³-hybridized carbons (Fsp3) is 0.400. The Hall–Kier alpha value is -5.77. The quantitative estimate of drug-likeness (QED) is 0.269. The molecular formula is C35H38N10O6. The van der Waals surface area contributed by atoms with Crippen molar-refractivity contribution in [1.29, 1.82) is 0 Å². The number of hydrogen-bond acceptors (Lipinski definition) is 12. The minimum Gasteiger partial charge on any atom is -0.507 e. The third-order valence-corrected chi connectivity index (χ3v) is 10.4. The Morgan fingerprint density at radius 1 is 0.882 bits per heavy atom. The minimum atomic E-state index is -0.996. The summed E-state index contributed by atoms with van der Waals surface area (Å²) in [6.45, 7) is 6.53. The highest BCUT2D eigenvalue weighted by atomic mass is 16.3. The Morgan fingerprint density at radius 2 is 1.67 bits per heavy atom. The molecule has 3 aromatic rings. The van der Waals surface area contributed by atoms with Crippen LogP contribution in [-0.2, 0) is 9.59 Å². The molecule has 4 N–H and O–H groups in total. The van der Waals surface area contributed by atoms with Gasteiger partial charge in [-0.15, -0.1) is 10.2 Å². The highest BCUT2D eigenvalue weighted by Crippen LogP contribution is 2.36. The summed E-state index contributed by atoms with van der Waals surface area (Å²) in [7, 11) is 0. The van der Waals surface area contributed by atoms with Crippen LogP contribution in [0.1, 0.15) is 33.6 Å². The summed E-state index contributed by atoms with van der Waals surface area (Å²) in [5.74, 6) is -1.25. The topological polar surface area (TPSA) is 184 Å². The SMILES string of the molecule is O=C1CCC(N2C(=O)c3ccc(NCCN4CCN(C(=O)N5CCN6c7cc(-c8ccccc8O)nnc7NCC6C5)CC4)cc3C2=O)C(=O)N1. The number of carbonyl (C=O) groups is 5. The van der Waals surface area contributed by atoms with Crippen LogP contribution >= 0.6 is 0 Å². The molecule has 6 amide bonds. The third-order valence-electron chi connectivity index (χ3n) is 10.4. The number of rotatable bonds is 6. The number of nitrogens with zero attached hydrogens (tertiary/aromatic N) is 7. The number of anilines is 3. The summed E-state index contributed by atoms with van der Waals surface area (Å²) >= 11 is 0. The normalized spacial score (nSPS) is 21.9. The van der Waals surface area contributed by atoms with Gasteiger partial charge in [0.1, 0.15) is 11.8 Å². The second-order valence-corrected chi connectivity index (χ2v) is 13.4. The van der Waals surface area contributed by atoms with Crippen molar-refractivity contribution in [2.45, 2.75) is 24.9 Å². The van der Waals surface area contributed by atoms with Crippen LogP contribution in [0.5, 0.6) is 5.75 Å². The van der Waals surface area contributed by atoms with Crippen LogP contribution in [0.4, 0.5) is 22.0 Å². The van der Waals surface area contributed by atoms with Crippen molar-refractivity contribution in [1.82, 2.24) is 35.1 Å². The van der Waals surface area contributed by atoms with Crippen molar-refractivity contribution in [3.8, 4) is 17.0 Å². The molecule has 0 spiro atoms. The van der Waals surface area contributed by atoms with Gasteiger partial charge in [-0.05, 0) is 42.8 Å². The summed E-state index contributed by atoms with van der Waals surface area (Å²) < 4.78 is 0. The zero-order valence-electron chi connectivity index (χ0n) is 27.9. The molecule has 1 aromatic heterocycles. The van der Waals surface area contributed by atoms with Gasteiger partial charge >= 0.3 is 6.03 Å². The molecule has 3 saturated heterocycles. The third kappa shape index (κ3) is 6.05. The van der Waals surface area contributed by atoms with Crippen LogP contribution in [-0.4, -0.2) is 142 Å². The van der Waals surface area contributed by atoms with Crippen molar-refractivity contribution < 1.29 is 29.1 Å². The molecule has 16 heteroatoms. The largest absolute Gasteiger partial charge is 0.507 e. The summed E-state index contributed by atoms with van der Waals surface area (Å²) in [5, 5.41) is 27.9. The fourth-order valence-corrected chi connectivity index (χ4v) is 7.59. The summed E-state index contributed by atoms with van der Waals surface area (Å²) in [6, 6.07) is 13.1. The van der Waals surface area contributed by atoms with Gasteiger partial charge in [0.25, 0.3) is 11.8 Å². The molecule has 3 fully saturated rings. The van der Waals surface area contributed by atoms with E-state index in [1.807, 2.05) is 28.0 Å². The van der Waals surface area contributed by atoms with Gasteiger partial charge in [0.2, 0.25) is 11.8 Å². The molecule has 16 nitrogen and oxygen atoms in total. The molecule has 0 aliphatic carbocycles. The van der Waals surface area contributed by atoms with Gasteiger partial charge in [-0.25, -0.2) is 4.79 Å². The van der Waals surface area contributed by atoms with Gasteiger partial charge in [-0.2, -0.15) is 0 Å². The number of fused-ring (bicyclic) bond motifs is 4. The number of para-hydroxylation sites is 1. The van der Waals surface area contributed by atoms with E-state index in [0.29, 0.717) is 68.6 Å². The molecule has 6 heterocycles. The summed E-state index contributed by atoms with van der Waals surface area (Å²) in [5.41, 5.74) is 3.31. The van der Waals surface area contributed by atoms with E-state index in [0.717, 1.165) is 30.2 Å². The first-order chi connectivity index (χ1) is 24.7. The number of benzene rings is 2. The molecule has 5 aliphatic heterocycles. The van der Waals surface area contributed by atoms with Gasteiger partial charge in [0.05, 0.1) is 28.6 Å². The van der Waals surface area contributed by atoms with Crippen molar-refractivity contribution in [2.24, 2.45) is 0 Å². The van der Waals surface area contributed by atoms with Crippen LogP contribution < -0.4 is 20.9 Å². The average molecular weight is 695 g/mol. The molecule has 0 radical (unpaired) electrons. The number of urea groups is 1. The second kappa shape index (κ2) is 13.2. The van der Waals surface area contributed by atoms with E-state index in [-0.39, 0.29) is 41.8 Å². The summed E-state index contributed by atoms with van der Waals surface area (Å²) in [6.07, 6.45) is 0.188. The number of phenols is 1. The first kappa shape index (κ1) is 32.4. The zero-order chi connectivity index (χ0) is 35.2. The van der Waals surface area contributed by atoms with E-state index in [4.69, 9.17) is 0 Å². The van der Waals surface area contributed by atoms with Gasteiger partial charge in [-0.1, -0.05) is 12.1 Å². The van der Waals surface area contributed by atoms with Crippen molar-refractivity contribution >= 4 is 46.9 Å². The maximum absolute atomic E-state index is 13.6. The molecule has 51 heavy (non-hydrogen) atoms. The Kier molecular flexibility index (Phi) is 8.37. The zero-order valence-corrected chi connectivity index (χ0v) is 27.9. The number of piperidine rings is 1. The van der Waals surface area contributed by atoms with Crippen molar-refractivity contribution in [3.63, 3.8) is 0 Å². The number of carbonyl (C=O) groups excluding carboxylic acids is 5. The highest BCUT2D eigenvalue weighted by Gasteiger charge is 2.44. The number of aromatic hydroxyl groups is 1. The lowest BCUT2D eigenvalue weighted by molar-refractivity contribution is -0.136. The van der Waals surface area contributed by atoms with Gasteiger partial charge < -0.3 is 30.4 Å². The lowest BCUT2D eigenvalue weighted by atomic mass is 10.0.